The molecule has 3 aromatic rings. The number of benzene rings is 2. The molecule has 0 unspecified atom stereocenters. The zero-order valence-electron chi connectivity index (χ0n) is 18.2. The lowest BCUT2D eigenvalue weighted by atomic mass is 10.1. The first kappa shape index (κ1) is 22.8. The monoisotopic (exact) mass is 472 g/mol. The summed E-state index contributed by atoms with van der Waals surface area (Å²) >= 11 is 0. The lowest BCUT2D eigenvalue weighted by Crippen LogP contribution is -2.37. The standard InChI is InChI=1S/C22H24N4O6S/c1-25(2)33(30,31)15-4-6-19(26-7-9-32-10-8-26)17(12-15)22(29)23-14-3-5-18-16(11-14)20(27)13-21(28)24-18/h3-6,11-13H,7-10H2,1-2H3,(H,23,29)(H2,24,27,28). The van der Waals surface area contributed by atoms with Crippen molar-refractivity contribution in [2.24, 2.45) is 0 Å². The van der Waals surface area contributed by atoms with Crippen molar-refractivity contribution in [1.29, 1.82) is 0 Å². The Morgan fingerprint density at radius 3 is 2.55 bits per heavy atom. The second kappa shape index (κ2) is 8.85. The van der Waals surface area contributed by atoms with Crippen LogP contribution in [0, 0.1) is 0 Å². The fourth-order valence-electron chi connectivity index (χ4n) is 3.66. The Kier molecular flexibility index (Phi) is 6.11. The first-order valence-electron chi connectivity index (χ1n) is 10.2. The Bertz CT molecular complexity index is 1380. The number of hydrogen-bond donors (Lipinski definition) is 3. The van der Waals surface area contributed by atoms with Crippen molar-refractivity contribution in [2.75, 3.05) is 50.6 Å². The minimum Gasteiger partial charge on any atom is -0.507 e. The molecule has 0 spiro atoms. The van der Waals surface area contributed by atoms with E-state index < -0.39 is 21.5 Å². The molecule has 1 aliphatic rings. The van der Waals surface area contributed by atoms with E-state index in [-0.39, 0.29) is 16.2 Å². The first-order chi connectivity index (χ1) is 15.7. The van der Waals surface area contributed by atoms with E-state index in [0.717, 1.165) is 10.4 Å². The van der Waals surface area contributed by atoms with Crippen molar-refractivity contribution in [3.05, 3.63) is 58.4 Å². The van der Waals surface area contributed by atoms with Crippen LogP contribution in [0.1, 0.15) is 10.4 Å². The molecule has 2 heterocycles. The summed E-state index contributed by atoms with van der Waals surface area (Å²) in [6, 6.07) is 10.2. The van der Waals surface area contributed by atoms with Gasteiger partial charge in [0.25, 0.3) is 11.5 Å². The summed E-state index contributed by atoms with van der Waals surface area (Å²) in [7, 11) is -0.894. The maximum absolute atomic E-state index is 13.3. The van der Waals surface area contributed by atoms with Gasteiger partial charge in [0.15, 0.2) is 0 Å². The number of fused-ring (bicyclic) bond motifs is 1. The van der Waals surface area contributed by atoms with Crippen LogP contribution in [0.3, 0.4) is 0 Å². The molecular weight excluding hydrogens is 448 g/mol. The number of pyridine rings is 1. The fraction of sp³-hybridized carbons (Fsp3) is 0.273. The third-order valence-corrected chi connectivity index (χ3v) is 7.23. The fourth-order valence-corrected chi connectivity index (χ4v) is 4.59. The second-order valence-corrected chi connectivity index (χ2v) is 9.95. The summed E-state index contributed by atoms with van der Waals surface area (Å²) in [5, 5.41) is 13.2. The molecular formula is C22H24N4O6S. The van der Waals surface area contributed by atoms with Crippen molar-refractivity contribution < 1.29 is 23.1 Å². The number of aromatic hydroxyl groups is 1. The van der Waals surface area contributed by atoms with Crippen LogP contribution < -0.4 is 15.8 Å². The van der Waals surface area contributed by atoms with E-state index in [1.54, 1.807) is 18.2 Å². The highest BCUT2D eigenvalue weighted by Gasteiger charge is 2.24. The predicted octanol–water partition coefficient (Wildman–Crippen LogP) is 1.57. The number of ether oxygens (including phenoxy) is 1. The maximum Gasteiger partial charge on any atom is 0.257 e. The number of H-pyrrole nitrogens is 1. The van der Waals surface area contributed by atoms with Gasteiger partial charge in [-0.25, -0.2) is 12.7 Å². The number of aromatic amines is 1. The van der Waals surface area contributed by atoms with E-state index in [9.17, 15) is 23.1 Å². The number of sulfonamides is 1. The van der Waals surface area contributed by atoms with E-state index in [1.165, 1.54) is 32.3 Å². The molecule has 10 nitrogen and oxygen atoms in total. The third kappa shape index (κ3) is 4.56. The summed E-state index contributed by atoms with van der Waals surface area (Å²) in [6.07, 6.45) is 0. The lowest BCUT2D eigenvalue weighted by Gasteiger charge is -2.30. The highest BCUT2D eigenvalue weighted by atomic mass is 32.2. The van der Waals surface area contributed by atoms with Gasteiger partial charge in [0, 0.05) is 50.0 Å². The molecule has 1 fully saturated rings. The van der Waals surface area contributed by atoms with E-state index in [4.69, 9.17) is 4.74 Å². The first-order valence-corrected chi connectivity index (χ1v) is 11.7. The molecule has 0 atom stereocenters. The highest BCUT2D eigenvalue weighted by Crippen LogP contribution is 2.29. The van der Waals surface area contributed by atoms with Crippen molar-refractivity contribution in [2.45, 2.75) is 4.90 Å². The molecule has 0 bridgehead atoms. The van der Waals surface area contributed by atoms with Crippen molar-refractivity contribution in [3.63, 3.8) is 0 Å². The molecule has 1 aromatic heterocycles. The molecule has 2 aromatic carbocycles. The van der Waals surface area contributed by atoms with Gasteiger partial charge < -0.3 is 25.0 Å². The van der Waals surface area contributed by atoms with E-state index in [1.807, 2.05) is 4.90 Å². The molecule has 11 heteroatoms. The quantitative estimate of drug-likeness (QED) is 0.514. The van der Waals surface area contributed by atoms with E-state index in [2.05, 4.69) is 10.3 Å². The number of rotatable bonds is 5. The van der Waals surface area contributed by atoms with Gasteiger partial charge in [-0.05, 0) is 36.4 Å². The Balaban J connectivity index is 1.74. The Morgan fingerprint density at radius 2 is 1.85 bits per heavy atom. The molecule has 0 aliphatic carbocycles. The average molecular weight is 473 g/mol. The van der Waals surface area contributed by atoms with Crippen LogP contribution in [0.4, 0.5) is 11.4 Å². The van der Waals surface area contributed by atoms with Crippen LogP contribution in [0.25, 0.3) is 10.9 Å². The summed E-state index contributed by atoms with van der Waals surface area (Å²) in [4.78, 5) is 29.4. The topological polar surface area (TPSA) is 132 Å². The summed E-state index contributed by atoms with van der Waals surface area (Å²) in [6.45, 7) is 2.14. The smallest absolute Gasteiger partial charge is 0.257 e. The van der Waals surface area contributed by atoms with Gasteiger partial charge in [-0.2, -0.15) is 0 Å². The number of anilines is 2. The Labute approximate surface area is 190 Å². The molecule has 3 N–H and O–H groups in total. The van der Waals surface area contributed by atoms with Crippen LogP contribution >= 0.6 is 0 Å². The largest absolute Gasteiger partial charge is 0.507 e. The second-order valence-electron chi connectivity index (χ2n) is 7.80. The van der Waals surface area contributed by atoms with Gasteiger partial charge in [-0.3, -0.25) is 9.59 Å². The summed E-state index contributed by atoms with van der Waals surface area (Å²) in [5.74, 6) is -0.714. The highest BCUT2D eigenvalue weighted by molar-refractivity contribution is 7.89. The third-order valence-electron chi connectivity index (χ3n) is 5.42. The molecule has 1 amide bonds. The number of carbonyl (C=O) groups excluding carboxylic acids is 1. The van der Waals surface area contributed by atoms with E-state index in [0.29, 0.717) is 48.6 Å². The maximum atomic E-state index is 13.3. The van der Waals surface area contributed by atoms with E-state index >= 15 is 0 Å². The van der Waals surface area contributed by atoms with Gasteiger partial charge in [0.1, 0.15) is 5.75 Å². The van der Waals surface area contributed by atoms with Gasteiger partial charge in [0.2, 0.25) is 10.0 Å². The SMILES string of the molecule is CN(C)S(=O)(=O)c1ccc(N2CCOCC2)c(C(=O)Nc2ccc3[nH]c(=O)cc(O)c3c2)c1. The number of nitrogens with one attached hydrogen (secondary N) is 2. The molecule has 4 rings (SSSR count). The predicted molar refractivity (Wildman–Crippen MR) is 125 cm³/mol. The molecule has 0 saturated carbocycles. The minimum atomic E-state index is -3.75. The van der Waals surface area contributed by atoms with Crippen LogP contribution in [0.2, 0.25) is 0 Å². The zero-order chi connectivity index (χ0) is 23.8. The summed E-state index contributed by atoms with van der Waals surface area (Å²) in [5.41, 5.74) is 1.16. The van der Waals surface area contributed by atoms with Crippen LogP contribution in [0.5, 0.6) is 5.75 Å². The summed E-state index contributed by atoms with van der Waals surface area (Å²) < 4.78 is 31.8. The number of nitrogens with zero attached hydrogens (tertiary/aromatic N) is 2. The van der Waals surface area contributed by atoms with Crippen molar-refractivity contribution in [3.8, 4) is 5.75 Å². The number of morpholine rings is 1. The number of amides is 1. The van der Waals surface area contributed by atoms with Crippen LogP contribution in [-0.4, -0.2) is 69.1 Å². The Hall–Kier alpha value is -3.41. The number of carbonyl (C=O) groups is 1. The zero-order valence-corrected chi connectivity index (χ0v) is 19.0. The number of hydrogen-bond acceptors (Lipinski definition) is 7. The minimum absolute atomic E-state index is 0.00314. The van der Waals surface area contributed by atoms with Crippen molar-refractivity contribution >= 4 is 38.2 Å². The molecule has 1 aliphatic heterocycles. The van der Waals surface area contributed by atoms with Crippen molar-refractivity contribution in [1.82, 2.24) is 9.29 Å². The molecule has 174 valence electrons. The van der Waals surface area contributed by atoms with Crippen LogP contribution in [0.15, 0.2) is 52.2 Å². The van der Waals surface area contributed by atoms with Gasteiger partial charge in [-0.15, -0.1) is 0 Å². The molecule has 1 saturated heterocycles. The molecule has 0 radical (unpaired) electrons. The normalized spacial score (nSPS) is 14.6. The number of aromatic nitrogens is 1. The van der Waals surface area contributed by atoms with Gasteiger partial charge in [-0.1, -0.05) is 0 Å². The molecule has 33 heavy (non-hydrogen) atoms. The van der Waals surface area contributed by atoms with Gasteiger partial charge in [0.05, 0.1) is 29.2 Å². The Morgan fingerprint density at radius 1 is 1.12 bits per heavy atom. The average Bonchev–Trinajstić information content (AvgIpc) is 2.79. The van der Waals surface area contributed by atoms with Gasteiger partial charge >= 0.3 is 0 Å². The van der Waals surface area contributed by atoms with Crippen LogP contribution in [-0.2, 0) is 14.8 Å². The lowest BCUT2D eigenvalue weighted by molar-refractivity contribution is 0.102.